The average Bonchev–Trinajstić information content (AvgIpc) is 2.78. The number of ether oxygens (including phenoxy) is 1. The van der Waals surface area contributed by atoms with E-state index in [9.17, 15) is 5.26 Å². The van der Waals surface area contributed by atoms with Crippen LogP contribution in [-0.4, -0.2) is 41.0 Å². The van der Waals surface area contributed by atoms with Crippen molar-refractivity contribution in [1.29, 1.82) is 10.7 Å². The summed E-state index contributed by atoms with van der Waals surface area (Å²) in [4.78, 5) is 10.9. The summed E-state index contributed by atoms with van der Waals surface area (Å²) >= 11 is 0. The van der Waals surface area contributed by atoms with Crippen LogP contribution in [0.1, 0.15) is 30.7 Å². The van der Waals surface area contributed by atoms with E-state index < -0.39 is 0 Å². The van der Waals surface area contributed by atoms with Gasteiger partial charge in [-0.25, -0.2) is 9.97 Å². The summed E-state index contributed by atoms with van der Waals surface area (Å²) in [5.74, 6) is 0.771. The minimum Gasteiger partial charge on any atom is -0.398 e. The van der Waals surface area contributed by atoms with Crippen LogP contribution < -0.4 is 10.6 Å². The van der Waals surface area contributed by atoms with Crippen molar-refractivity contribution < 1.29 is 4.74 Å². The Bertz CT molecular complexity index is 1160. The van der Waals surface area contributed by atoms with Gasteiger partial charge in [0.05, 0.1) is 35.2 Å². The standard InChI is InChI=1S/C24H24N6O/c1-15-12-30(13-16(2)31-15)23-10-22(28-14-29-23)24(27)20-9-19(6-7-21(20)26)18-5-3-4-17(8-18)11-25/h3-10,14-16,27H,12-13,26H2,1-2H3/t15-,16+. The second-order valence-electron chi connectivity index (χ2n) is 7.79. The van der Waals surface area contributed by atoms with Crippen LogP contribution in [0.15, 0.2) is 54.9 Å². The Morgan fingerprint density at radius 2 is 1.84 bits per heavy atom. The van der Waals surface area contributed by atoms with E-state index in [-0.39, 0.29) is 17.9 Å². The topological polar surface area (TPSA) is 112 Å². The fraction of sp³-hybridized carbons (Fsp3) is 0.250. The van der Waals surface area contributed by atoms with Crippen LogP contribution >= 0.6 is 0 Å². The Balaban J connectivity index is 1.66. The first-order valence-corrected chi connectivity index (χ1v) is 10.2. The number of nitrogens with zero attached hydrogens (tertiary/aromatic N) is 4. The van der Waals surface area contributed by atoms with E-state index in [0.717, 1.165) is 30.0 Å². The van der Waals surface area contributed by atoms with Gasteiger partial charge in [0.2, 0.25) is 0 Å². The van der Waals surface area contributed by atoms with Crippen molar-refractivity contribution in [3.05, 3.63) is 71.7 Å². The molecule has 0 bridgehead atoms. The molecule has 7 heteroatoms. The molecule has 0 amide bonds. The number of hydrogen-bond donors (Lipinski definition) is 2. The fourth-order valence-electron chi connectivity index (χ4n) is 3.88. The van der Waals surface area contributed by atoms with Crippen molar-refractivity contribution in [1.82, 2.24) is 9.97 Å². The second-order valence-corrected chi connectivity index (χ2v) is 7.79. The van der Waals surface area contributed by atoms with Gasteiger partial charge in [0, 0.05) is 30.4 Å². The van der Waals surface area contributed by atoms with Crippen molar-refractivity contribution in [2.24, 2.45) is 0 Å². The van der Waals surface area contributed by atoms with Gasteiger partial charge in [-0.15, -0.1) is 0 Å². The minimum atomic E-state index is 0.109. The number of nitrogens with one attached hydrogen (secondary N) is 1. The molecule has 4 rings (SSSR count). The third kappa shape index (κ3) is 4.39. The van der Waals surface area contributed by atoms with Crippen LogP contribution in [0, 0.1) is 16.7 Å². The molecule has 7 nitrogen and oxygen atoms in total. The molecule has 156 valence electrons. The molecule has 0 spiro atoms. The normalized spacial score (nSPS) is 18.4. The quantitative estimate of drug-likeness (QED) is 0.500. The molecule has 1 aliphatic rings. The summed E-state index contributed by atoms with van der Waals surface area (Å²) in [6.45, 7) is 5.56. The summed E-state index contributed by atoms with van der Waals surface area (Å²) < 4.78 is 5.81. The van der Waals surface area contributed by atoms with Gasteiger partial charge < -0.3 is 15.4 Å². The number of nitriles is 1. The SMILES string of the molecule is C[C@@H]1CN(c2cc(C(=N)c3cc(-c4cccc(C#N)c4)ccc3N)ncn2)C[C@H](C)O1. The third-order valence-corrected chi connectivity index (χ3v) is 5.30. The predicted octanol–water partition coefficient (Wildman–Crippen LogP) is 3.63. The highest BCUT2D eigenvalue weighted by Gasteiger charge is 2.24. The predicted molar refractivity (Wildman–Crippen MR) is 121 cm³/mol. The molecule has 0 unspecified atom stereocenters. The maximum absolute atomic E-state index is 9.18. The van der Waals surface area contributed by atoms with Gasteiger partial charge >= 0.3 is 0 Å². The van der Waals surface area contributed by atoms with Crippen molar-refractivity contribution in [2.45, 2.75) is 26.1 Å². The van der Waals surface area contributed by atoms with E-state index >= 15 is 0 Å². The van der Waals surface area contributed by atoms with Crippen molar-refractivity contribution >= 4 is 17.2 Å². The molecule has 3 N–H and O–H groups in total. The zero-order valence-electron chi connectivity index (χ0n) is 17.5. The van der Waals surface area contributed by atoms with Crippen molar-refractivity contribution in [3.8, 4) is 17.2 Å². The molecule has 2 aromatic carbocycles. The first-order chi connectivity index (χ1) is 14.9. The maximum atomic E-state index is 9.18. The van der Waals surface area contributed by atoms with Gasteiger partial charge in [-0.05, 0) is 49.2 Å². The van der Waals surface area contributed by atoms with Crippen molar-refractivity contribution in [2.75, 3.05) is 23.7 Å². The second kappa shape index (κ2) is 8.54. The summed E-state index contributed by atoms with van der Waals surface area (Å²) in [5.41, 5.74) is 10.4. The van der Waals surface area contributed by atoms with Crippen molar-refractivity contribution in [3.63, 3.8) is 0 Å². The van der Waals surface area contributed by atoms with Gasteiger partial charge in [0.15, 0.2) is 0 Å². The Hall–Kier alpha value is -3.76. The molecular formula is C24H24N6O. The molecule has 1 fully saturated rings. The van der Waals surface area contributed by atoms with E-state index in [1.54, 1.807) is 12.1 Å². The van der Waals surface area contributed by atoms with Gasteiger partial charge in [0.25, 0.3) is 0 Å². The average molecular weight is 412 g/mol. The molecule has 1 aliphatic heterocycles. The molecular weight excluding hydrogens is 388 g/mol. The lowest BCUT2D eigenvalue weighted by Gasteiger charge is -2.36. The lowest BCUT2D eigenvalue weighted by atomic mass is 9.97. The molecule has 3 aromatic rings. The van der Waals surface area contributed by atoms with E-state index in [4.69, 9.17) is 15.9 Å². The maximum Gasteiger partial charge on any atom is 0.132 e. The fourth-order valence-corrected chi connectivity index (χ4v) is 3.88. The smallest absolute Gasteiger partial charge is 0.132 e. The first kappa shape index (κ1) is 20.5. The van der Waals surface area contributed by atoms with Crippen LogP contribution in [0.3, 0.4) is 0 Å². The van der Waals surface area contributed by atoms with Crippen LogP contribution in [-0.2, 0) is 4.74 Å². The lowest BCUT2D eigenvalue weighted by Crippen LogP contribution is -2.45. The zero-order valence-corrected chi connectivity index (χ0v) is 17.5. The van der Waals surface area contributed by atoms with E-state index in [0.29, 0.717) is 22.5 Å². The summed E-state index contributed by atoms with van der Waals surface area (Å²) in [6, 6.07) is 16.9. The van der Waals surface area contributed by atoms with Gasteiger partial charge in [-0.2, -0.15) is 5.26 Å². The summed E-state index contributed by atoms with van der Waals surface area (Å²) in [7, 11) is 0. The molecule has 0 aliphatic carbocycles. The molecule has 1 saturated heterocycles. The Labute approximate surface area is 181 Å². The number of anilines is 2. The van der Waals surface area contributed by atoms with E-state index in [2.05, 4.69) is 20.9 Å². The van der Waals surface area contributed by atoms with Gasteiger partial charge in [-0.1, -0.05) is 18.2 Å². The first-order valence-electron chi connectivity index (χ1n) is 10.2. The molecule has 31 heavy (non-hydrogen) atoms. The van der Waals surface area contributed by atoms with Crippen LogP contribution in [0.25, 0.3) is 11.1 Å². The summed E-state index contributed by atoms with van der Waals surface area (Å²) in [5, 5.41) is 18.0. The van der Waals surface area contributed by atoms with Crippen LogP contribution in [0.4, 0.5) is 11.5 Å². The molecule has 0 radical (unpaired) electrons. The minimum absolute atomic E-state index is 0.109. The zero-order chi connectivity index (χ0) is 22.0. The Morgan fingerprint density at radius 1 is 1.10 bits per heavy atom. The number of nitrogens with two attached hydrogens (primary N) is 1. The molecule has 2 heterocycles. The van der Waals surface area contributed by atoms with E-state index in [1.807, 2.05) is 50.2 Å². The number of rotatable bonds is 4. The number of benzene rings is 2. The van der Waals surface area contributed by atoms with Crippen LogP contribution in [0.5, 0.6) is 0 Å². The van der Waals surface area contributed by atoms with E-state index in [1.165, 1.54) is 6.33 Å². The highest BCUT2D eigenvalue weighted by Crippen LogP contribution is 2.27. The monoisotopic (exact) mass is 412 g/mol. The van der Waals surface area contributed by atoms with Gasteiger partial charge in [-0.3, -0.25) is 5.41 Å². The number of morpholine rings is 1. The number of aromatic nitrogens is 2. The largest absolute Gasteiger partial charge is 0.398 e. The molecule has 0 saturated carbocycles. The highest BCUT2D eigenvalue weighted by atomic mass is 16.5. The Kier molecular flexibility index (Phi) is 5.65. The lowest BCUT2D eigenvalue weighted by molar-refractivity contribution is -0.00546. The summed E-state index contributed by atoms with van der Waals surface area (Å²) in [6.07, 6.45) is 1.71. The number of nitrogen functional groups attached to an aromatic ring is 1. The van der Waals surface area contributed by atoms with Crippen LogP contribution in [0.2, 0.25) is 0 Å². The Morgan fingerprint density at radius 3 is 2.58 bits per heavy atom. The third-order valence-electron chi connectivity index (χ3n) is 5.30. The van der Waals surface area contributed by atoms with Gasteiger partial charge in [0.1, 0.15) is 12.1 Å². The highest BCUT2D eigenvalue weighted by molar-refractivity contribution is 6.13. The molecule has 2 atom stereocenters. The number of hydrogen-bond acceptors (Lipinski definition) is 7. The molecule has 1 aromatic heterocycles.